The Morgan fingerprint density at radius 2 is 1.46 bits per heavy atom. The number of fused-ring (bicyclic) bond motifs is 1. The van der Waals surface area contributed by atoms with Crippen molar-refractivity contribution in [3.05, 3.63) is 64.8 Å². The summed E-state index contributed by atoms with van der Waals surface area (Å²) in [7, 11) is -0.216. The van der Waals surface area contributed by atoms with Gasteiger partial charge in [0.15, 0.2) is 10.1 Å². The number of hydrogen-bond donors (Lipinski definition) is 6. The maximum Gasteiger partial charge on any atom is 0.485 e. The molecule has 1 heterocycles. The smallest absolute Gasteiger partial charge is 0.485 e. The number of nitrogens with two attached hydrogens (primary N) is 1. The van der Waals surface area contributed by atoms with Crippen LogP contribution in [-0.2, 0) is 35.7 Å². The lowest BCUT2D eigenvalue weighted by molar-refractivity contribution is -0.134. The minimum Gasteiger partial charge on any atom is -0.741 e. The van der Waals surface area contributed by atoms with Gasteiger partial charge < -0.3 is 36.5 Å². The molecule has 15 nitrogen and oxygen atoms in total. The molecule has 0 aliphatic heterocycles. The maximum absolute atomic E-state index is 13.8. The number of aromatic nitrogens is 1. The number of nitrogens with zero attached hydrogens (tertiary/aromatic N) is 1. The Labute approximate surface area is 328 Å². The highest BCUT2D eigenvalue weighted by Crippen LogP contribution is 2.26. The van der Waals surface area contributed by atoms with Crippen LogP contribution in [0.1, 0.15) is 57.0 Å². The van der Waals surface area contributed by atoms with Crippen molar-refractivity contribution >= 4 is 67.8 Å². The van der Waals surface area contributed by atoms with Crippen LogP contribution in [0.2, 0.25) is 5.02 Å². The van der Waals surface area contributed by atoms with Crippen LogP contribution in [0.5, 0.6) is 0 Å². The zero-order valence-corrected chi connectivity index (χ0v) is 33.8. The molecular weight excluding hydrogens is 783 g/mol. The first-order valence-electron chi connectivity index (χ1n) is 17.3. The highest BCUT2D eigenvalue weighted by atomic mass is 35.5. The number of benzene rings is 2. The van der Waals surface area contributed by atoms with Gasteiger partial charge in [-0.15, -0.1) is 0 Å². The number of alkyl halides is 3. The molecule has 2 aromatic carbocycles. The molecule has 0 spiro atoms. The van der Waals surface area contributed by atoms with Crippen molar-refractivity contribution in [1.29, 1.82) is 0 Å². The van der Waals surface area contributed by atoms with Gasteiger partial charge in [0, 0.05) is 35.7 Å². The Morgan fingerprint density at radius 1 is 0.875 bits per heavy atom. The van der Waals surface area contributed by atoms with Crippen molar-refractivity contribution in [2.24, 2.45) is 17.6 Å². The number of hydrogen-bond acceptors (Lipinski definition) is 8. The first kappa shape index (κ1) is 47.4. The van der Waals surface area contributed by atoms with Crippen LogP contribution >= 0.6 is 11.6 Å². The fourth-order valence-corrected chi connectivity index (χ4v) is 5.45. The summed E-state index contributed by atoms with van der Waals surface area (Å²) < 4.78 is 59.3. The number of carbonyl (C=O) groups is 5. The molecule has 3 aromatic rings. The van der Waals surface area contributed by atoms with Crippen LogP contribution < -0.4 is 31.5 Å². The second-order valence-electron chi connectivity index (χ2n) is 14.7. The average molecular weight is 832 g/mol. The van der Waals surface area contributed by atoms with E-state index in [1.165, 1.54) is 6.92 Å². The fraction of sp³-hybridized carbons (Fsp3) is 0.472. The van der Waals surface area contributed by atoms with Gasteiger partial charge in [0.25, 0.3) is 5.91 Å². The van der Waals surface area contributed by atoms with Crippen LogP contribution in [0, 0.1) is 11.8 Å². The number of nitrogens with one attached hydrogen (secondary N) is 5. The number of quaternary nitrogens is 1. The zero-order chi connectivity index (χ0) is 42.9. The van der Waals surface area contributed by atoms with Crippen molar-refractivity contribution in [1.82, 2.24) is 30.7 Å². The van der Waals surface area contributed by atoms with Gasteiger partial charge in [-0.25, -0.2) is 8.42 Å². The van der Waals surface area contributed by atoms with Crippen LogP contribution in [0.15, 0.2) is 48.7 Å². The van der Waals surface area contributed by atoms with E-state index in [0.29, 0.717) is 10.9 Å². The third-order valence-electron chi connectivity index (χ3n) is 8.34. The van der Waals surface area contributed by atoms with E-state index in [1.54, 1.807) is 32.2 Å². The summed E-state index contributed by atoms with van der Waals surface area (Å²) in [5.41, 5.74) is 2.56. The molecule has 7 N–H and O–H groups in total. The summed E-state index contributed by atoms with van der Waals surface area (Å²) in [6.45, 7) is 8.79. The van der Waals surface area contributed by atoms with E-state index >= 15 is 0 Å². The Kier molecular flexibility index (Phi) is 16.5. The molecule has 0 aliphatic carbocycles. The number of para-hydroxylation sites is 1. The summed E-state index contributed by atoms with van der Waals surface area (Å²) >= 11 is 6.44. The SMILES string of the molecule is CC(C)C[C@H](NC(=O)[C@@H](NC(=O)[C@H](C)NC(=O)[C@H](Cc1c[nH]c2ccccc12)NC(=O)c1cc([N+](C)(C)C)ccc1Cl)C(C)C)C(N)=O.O=S(=O)([O-])C(F)(F)F. The first-order valence-corrected chi connectivity index (χ1v) is 19.1. The Hall–Kier alpha value is -4.72. The van der Waals surface area contributed by atoms with E-state index in [9.17, 15) is 37.1 Å². The molecule has 0 bridgehead atoms. The largest absolute Gasteiger partial charge is 0.741 e. The third-order valence-corrected chi connectivity index (χ3v) is 9.24. The number of rotatable bonds is 15. The van der Waals surface area contributed by atoms with Crippen LogP contribution in [0.4, 0.5) is 18.9 Å². The summed E-state index contributed by atoms with van der Waals surface area (Å²) in [4.78, 5) is 69.0. The van der Waals surface area contributed by atoms with Crippen molar-refractivity contribution in [2.75, 3.05) is 21.1 Å². The molecule has 4 atom stereocenters. The number of primary amides is 1. The molecule has 5 amide bonds. The van der Waals surface area contributed by atoms with Gasteiger partial charge in [-0.2, -0.15) is 13.2 Å². The minimum absolute atomic E-state index is 0.0976. The highest BCUT2D eigenvalue weighted by Gasteiger charge is 2.37. The third kappa shape index (κ3) is 13.8. The van der Waals surface area contributed by atoms with Crippen molar-refractivity contribution in [3.63, 3.8) is 0 Å². The monoisotopic (exact) mass is 831 g/mol. The van der Waals surface area contributed by atoms with Crippen LogP contribution in [0.3, 0.4) is 0 Å². The van der Waals surface area contributed by atoms with Gasteiger partial charge in [0.05, 0.1) is 31.7 Å². The van der Waals surface area contributed by atoms with Gasteiger partial charge in [0.2, 0.25) is 23.6 Å². The number of carbonyl (C=O) groups excluding carboxylic acids is 5. The van der Waals surface area contributed by atoms with Gasteiger partial charge in [-0.05, 0) is 42.9 Å². The predicted molar refractivity (Wildman–Crippen MR) is 205 cm³/mol. The molecular formula is C36H49ClF3N7O8S. The topological polar surface area (TPSA) is 232 Å². The standard InChI is InChI=1S/C35H48ClN7O5.CHF3O3S/c1-19(2)15-28(31(37)44)40-35(48)30(20(3)4)42-32(45)21(5)39-34(47)29(16-22-18-38-27-12-10-9-11-24(22)27)41-33(46)25-17-23(43(6,7)8)13-14-26(25)36;2-1(3,4)8(5,6)7/h9-14,17-21,28-30,38H,15-16H2,1-8H3,(H5-,37,39,40,41,42,44,45,46,47,48);(H,5,6,7)/t21-,28-,29-,30-;/m0./s1. The lowest BCUT2D eigenvalue weighted by Gasteiger charge is -2.27. The molecule has 0 unspecified atom stereocenters. The fourth-order valence-electron chi connectivity index (χ4n) is 5.24. The molecule has 0 saturated carbocycles. The van der Waals surface area contributed by atoms with E-state index in [-0.39, 0.29) is 28.8 Å². The molecule has 0 saturated heterocycles. The molecule has 20 heteroatoms. The zero-order valence-electron chi connectivity index (χ0n) is 32.2. The lowest BCUT2D eigenvalue weighted by Crippen LogP contribution is -2.59. The number of H-pyrrole nitrogens is 1. The second-order valence-corrected chi connectivity index (χ2v) is 16.5. The van der Waals surface area contributed by atoms with Gasteiger partial charge in [-0.1, -0.05) is 57.5 Å². The summed E-state index contributed by atoms with van der Waals surface area (Å²) in [5.74, 6) is -3.24. The van der Waals surface area contributed by atoms with Crippen molar-refractivity contribution in [2.45, 2.75) is 77.1 Å². The predicted octanol–water partition coefficient (Wildman–Crippen LogP) is 3.07. The quantitative estimate of drug-likeness (QED) is 0.0755. The number of aromatic amines is 1. The van der Waals surface area contributed by atoms with Crippen molar-refractivity contribution in [3.8, 4) is 0 Å². The van der Waals surface area contributed by atoms with Crippen molar-refractivity contribution < 1.29 is 50.1 Å². The lowest BCUT2D eigenvalue weighted by atomic mass is 9.99. The molecule has 3 rings (SSSR count). The summed E-state index contributed by atoms with van der Waals surface area (Å²) in [6.07, 6.45) is 2.24. The molecule has 310 valence electrons. The average Bonchev–Trinajstić information content (AvgIpc) is 3.47. The first-order chi connectivity index (χ1) is 25.6. The number of halogens is 4. The molecule has 0 radical (unpaired) electrons. The van der Waals surface area contributed by atoms with Gasteiger partial charge in [-0.3, -0.25) is 28.5 Å². The highest BCUT2D eigenvalue weighted by molar-refractivity contribution is 7.86. The van der Waals surface area contributed by atoms with E-state index in [0.717, 1.165) is 22.2 Å². The molecule has 0 fully saturated rings. The van der Waals surface area contributed by atoms with E-state index in [2.05, 4.69) is 26.3 Å². The molecule has 56 heavy (non-hydrogen) atoms. The molecule has 0 aliphatic rings. The van der Waals surface area contributed by atoms with Crippen LogP contribution in [-0.4, -0.2) is 98.3 Å². The van der Waals surface area contributed by atoms with E-state index in [4.69, 9.17) is 30.3 Å². The maximum atomic E-state index is 13.8. The number of amides is 5. The Morgan fingerprint density at radius 3 is 1.98 bits per heavy atom. The summed E-state index contributed by atoms with van der Waals surface area (Å²) in [6, 6.07) is 8.70. The van der Waals surface area contributed by atoms with Crippen LogP contribution in [0.25, 0.3) is 10.9 Å². The molecule has 1 aromatic heterocycles. The minimum atomic E-state index is -6.09. The Bertz CT molecular complexity index is 2000. The van der Waals surface area contributed by atoms with E-state index < -0.39 is 69.3 Å². The second kappa shape index (κ2) is 19.4. The van der Waals surface area contributed by atoms with Gasteiger partial charge in [0.1, 0.15) is 29.9 Å². The normalized spacial score (nSPS) is 14.2. The summed E-state index contributed by atoms with van der Waals surface area (Å²) in [5, 5.41) is 12.0. The van der Waals surface area contributed by atoms with Gasteiger partial charge >= 0.3 is 5.51 Å². The van der Waals surface area contributed by atoms with E-state index in [1.807, 2.05) is 65.3 Å². The Balaban J connectivity index is 0.00000122.